The van der Waals surface area contributed by atoms with Gasteiger partial charge >= 0.3 is 0 Å². The van der Waals surface area contributed by atoms with Crippen molar-refractivity contribution in [1.29, 1.82) is 0 Å². The summed E-state index contributed by atoms with van der Waals surface area (Å²) < 4.78 is 28.2. The van der Waals surface area contributed by atoms with Gasteiger partial charge in [0.1, 0.15) is 0 Å². The minimum Gasteiger partial charge on any atom is -0.332 e. The summed E-state index contributed by atoms with van der Waals surface area (Å²) in [4.78, 5) is 12.2. The molecule has 3 aromatic rings. The van der Waals surface area contributed by atoms with Crippen LogP contribution in [0.5, 0.6) is 0 Å². The number of para-hydroxylation sites is 1. The van der Waals surface area contributed by atoms with Crippen molar-refractivity contribution in [2.75, 3.05) is 10.0 Å². The SMILES string of the molecule is Cc1cccc(C)c1NS(=O)(=O)c1ccc(NC(=S)NC(=O)C=Cc2ccccc2Cl)cc1. The Hall–Kier alpha value is -3.20. The van der Waals surface area contributed by atoms with Gasteiger partial charge in [-0.25, -0.2) is 8.42 Å². The summed E-state index contributed by atoms with van der Waals surface area (Å²) in [6.07, 6.45) is 2.91. The molecule has 33 heavy (non-hydrogen) atoms. The lowest BCUT2D eigenvalue weighted by Crippen LogP contribution is -2.32. The van der Waals surface area contributed by atoms with E-state index in [0.29, 0.717) is 22.0 Å². The van der Waals surface area contributed by atoms with Crippen molar-refractivity contribution in [3.63, 3.8) is 0 Å². The van der Waals surface area contributed by atoms with Crippen LogP contribution in [0.4, 0.5) is 11.4 Å². The van der Waals surface area contributed by atoms with Crippen LogP contribution in [0.1, 0.15) is 16.7 Å². The first-order valence-corrected chi connectivity index (χ1v) is 12.2. The van der Waals surface area contributed by atoms with Crippen molar-refractivity contribution in [2.24, 2.45) is 0 Å². The number of amides is 1. The molecule has 0 aliphatic rings. The first-order valence-electron chi connectivity index (χ1n) is 9.89. The quantitative estimate of drug-likeness (QED) is 0.317. The smallest absolute Gasteiger partial charge is 0.261 e. The van der Waals surface area contributed by atoms with Crippen molar-refractivity contribution in [1.82, 2.24) is 5.32 Å². The summed E-state index contributed by atoms with van der Waals surface area (Å²) in [6, 6.07) is 18.7. The van der Waals surface area contributed by atoms with Crippen LogP contribution in [0, 0.1) is 13.8 Å². The number of thiocarbonyl (C=S) groups is 1. The molecule has 3 rings (SSSR count). The van der Waals surface area contributed by atoms with E-state index in [0.717, 1.165) is 11.1 Å². The molecule has 3 N–H and O–H groups in total. The summed E-state index contributed by atoms with van der Waals surface area (Å²) >= 11 is 11.2. The van der Waals surface area contributed by atoms with Gasteiger partial charge in [0.2, 0.25) is 5.91 Å². The van der Waals surface area contributed by atoms with Gasteiger partial charge in [-0.3, -0.25) is 14.8 Å². The second kappa shape index (κ2) is 10.6. The van der Waals surface area contributed by atoms with Crippen LogP contribution >= 0.6 is 23.8 Å². The standard InChI is InChI=1S/C24H22ClN3O3S2/c1-16-6-5-7-17(2)23(16)28-33(30,31)20-13-11-19(12-14-20)26-24(32)27-22(29)15-10-18-8-3-4-9-21(18)25/h3-15,28H,1-2H3,(H2,26,27,29,32). The fraction of sp³-hybridized carbons (Fsp3) is 0.0833. The predicted octanol–water partition coefficient (Wildman–Crippen LogP) is 5.28. The minimum atomic E-state index is -3.76. The van der Waals surface area contributed by atoms with E-state index in [1.807, 2.05) is 38.1 Å². The van der Waals surface area contributed by atoms with E-state index in [-0.39, 0.29) is 10.0 Å². The number of carbonyl (C=O) groups excluding carboxylic acids is 1. The molecule has 0 radical (unpaired) electrons. The van der Waals surface area contributed by atoms with Gasteiger partial charge in [0.05, 0.1) is 10.6 Å². The molecule has 0 unspecified atom stereocenters. The molecule has 9 heteroatoms. The van der Waals surface area contributed by atoms with E-state index < -0.39 is 15.9 Å². The highest BCUT2D eigenvalue weighted by atomic mass is 35.5. The maximum Gasteiger partial charge on any atom is 0.261 e. The molecule has 0 aromatic heterocycles. The van der Waals surface area contributed by atoms with Crippen molar-refractivity contribution in [2.45, 2.75) is 18.7 Å². The van der Waals surface area contributed by atoms with Crippen LogP contribution in [0.25, 0.3) is 6.08 Å². The Balaban J connectivity index is 1.61. The second-order valence-electron chi connectivity index (χ2n) is 7.19. The molecule has 0 bridgehead atoms. The maximum absolute atomic E-state index is 12.8. The third kappa shape index (κ3) is 6.64. The van der Waals surface area contributed by atoms with Gasteiger partial charge in [0.15, 0.2) is 5.11 Å². The highest BCUT2D eigenvalue weighted by Crippen LogP contribution is 2.24. The number of rotatable bonds is 6. The Bertz CT molecular complexity index is 1300. The Morgan fingerprint density at radius 1 is 0.939 bits per heavy atom. The van der Waals surface area contributed by atoms with Gasteiger partial charge in [0.25, 0.3) is 10.0 Å². The van der Waals surface area contributed by atoms with E-state index in [9.17, 15) is 13.2 Å². The number of anilines is 2. The molecule has 6 nitrogen and oxygen atoms in total. The maximum atomic E-state index is 12.8. The van der Waals surface area contributed by atoms with Gasteiger partial charge < -0.3 is 5.32 Å². The Labute approximate surface area is 203 Å². The van der Waals surface area contributed by atoms with Gasteiger partial charge in [-0.2, -0.15) is 0 Å². The number of sulfonamides is 1. The van der Waals surface area contributed by atoms with E-state index in [1.54, 1.807) is 36.4 Å². The van der Waals surface area contributed by atoms with E-state index in [4.69, 9.17) is 23.8 Å². The summed E-state index contributed by atoms with van der Waals surface area (Å²) in [6.45, 7) is 3.69. The zero-order valence-corrected chi connectivity index (χ0v) is 20.3. The Morgan fingerprint density at radius 3 is 2.21 bits per heavy atom. The molecule has 0 fully saturated rings. The first-order chi connectivity index (χ1) is 15.7. The van der Waals surface area contributed by atoms with Gasteiger partial charge in [0, 0.05) is 16.8 Å². The van der Waals surface area contributed by atoms with Crippen LogP contribution in [0.15, 0.2) is 77.7 Å². The topological polar surface area (TPSA) is 87.3 Å². The van der Waals surface area contributed by atoms with Crippen molar-refractivity contribution >= 4 is 62.3 Å². The number of halogens is 1. The van der Waals surface area contributed by atoms with Crippen LogP contribution < -0.4 is 15.4 Å². The van der Waals surface area contributed by atoms with E-state index in [2.05, 4.69) is 15.4 Å². The predicted molar refractivity (Wildman–Crippen MR) is 138 cm³/mol. The van der Waals surface area contributed by atoms with E-state index in [1.165, 1.54) is 18.2 Å². The molecule has 0 spiro atoms. The summed E-state index contributed by atoms with van der Waals surface area (Å²) in [5, 5.41) is 5.99. The normalized spacial score (nSPS) is 11.2. The van der Waals surface area contributed by atoms with Crippen LogP contribution in [0.3, 0.4) is 0 Å². The van der Waals surface area contributed by atoms with Crippen molar-refractivity contribution in [3.05, 3.63) is 94.5 Å². The lowest BCUT2D eigenvalue weighted by molar-refractivity contribution is -0.115. The molecule has 170 valence electrons. The highest BCUT2D eigenvalue weighted by molar-refractivity contribution is 7.92. The van der Waals surface area contributed by atoms with Gasteiger partial charge in [-0.05, 0) is 79.2 Å². The molecule has 3 aromatic carbocycles. The summed E-state index contributed by atoms with van der Waals surface area (Å²) in [7, 11) is -3.76. The van der Waals surface area contributed by atoms with Crippen molar-refractivity contribution < 1.29 is 13.2 Å². The first kappa shape index (κ1) is 24.4. The number of aryl methyl sites for hydroxylation is 2. The van der Waals surface area contributed by atoms with Crippen LogP contribution in [0.2, 0.25) is 5.02 Å². The third-order valence-corrected chi connectivity index (χ3v) is 6.61. The summed E-state index contributed by atoms with van der Waals surface area (Å²) in [5.74, 6) is -0.426. The average molecular weight is 500 g/mol. The fourth-order valence-electron chi connectivity index (χ4n) is 2.98. The van der Waals surface area contributed by atoms with Crippen LogP contribution in [-0.2, 0) is 14.8 Å². The van der Waals surface area contributed by atoms with Crippen molar-refractivity contribution in [3.8, 4) is 0 Å². The van der Waals surface area contributed by atoms with E-state index >= 15 is 0 Å². The lowest BCUT2D eigenvalue weighted by atomic mass is 10.1. The lowest BCUT2D eigenvalue weighted by Gasteiger charge is -2.14. The minimum absolute atomic E-state index is 0.0769. The number of benzene rings is 3. The molecule has 0 saturated heterocycles. The Kier molecular flexibility index (Phi) is 7.86. The molecular formula is C24H22ClN3O3S2. The largest absolute Gasteiger partial charge is 0.332 e. The molecule has 1 amide bonds. The second-order valence-corrected chi connectivity index (χ2v) is 9.69. The van der Waals surface area contributed by atoms with Gasteiger partial charge in [-0.1, -0.05) is 48.0 Å². The number of nitrogens with one attached hydrogen (secondary N) is 3. The Morgan fingerprint density at radius 2 is 1.58 bits per heavy atom. The molecule has 0 aliphatic heterocycles. The zero-order valence-electron chi connectivity index (χ0n) is 17.9. The number of hydrogen-bond acceptors (Lipinski definition) is 4. The zero-order chi connectivity index (χ0) is 24.0. The molecule has 0 saturated carbocycles. The van der Waals surface area contributed by atoms with Crippen LogP contribution in [-0.4, -0.2) is 19.4 Å². The summed E-state index contributed by atoms with van der Waals surface area (Å²) in [5.41, 5.74) is 3.47. The monoisotopic (exact) mass is 499 g/mol. The fourth-order valence-corrected chi connectivity index (χ4v) is 4.60. The average Bonchev–Trinajstić information content (AvgIpc) is 2.76. The number of carbonyl (C=O) groups is 1. The number of hydrogen-bond donors (Lipinski definition) is 3. The molecule has 0 atom stereocenters. The molecule has 0 heterocycles. The molecular weight excluding hydrogens is 478 g/mol. The highest BCUT2D eigenvalue weighted by Gasteiger charge is 2.16. The molecule has 0 aliphatic carbocycles. The third-order valence-electron chi connectivity index (χ3n) is 4.70. The van der Waals surface area contributed by atoms with Gasteiger partial charge in [-0.15, -0.1) is 0 Å².